The van der Waals surface area contributed by atoms with Gasteiger partial charge in [-0.15, -0.1) is 0 Å². The molecule has 0 atom stereocenters. The lowest BCUT2D eigenvalue weighted by atomic mass is 10.2. The second kappa shape index (κ2) is 7.33. The van der Waals surface area contributed by atoms with Gasteiger partial charge in [-0.3, -0.25) is 9.69 Å². The van der Waals surface area contributed by atoms with Crippen molar-refractivity contribution in [3.05, 3.63) is 54.0 Å². The van der Waals surface area contributed by atoms with Crippen LogP contribution in [0.2, 0.25) is 0 Å². The maximum Gasteiger partial charge on any atom is 0.289 e. The average molecular weight is 314 g/mol. The van der Waals surface area contributed by atoms with Crippen LogP contribution in [0.4, 0.5) is 0 Å². The van der Waals surface area contributed by atoms with Crippen molar-refractivity contribution in [1.29, 1.82) is 0 Å². The van der Waals surface area contributed by atoms with E-state index in [2.05, 4.69) is 17.0 Å². The van der Waals surface area contributed by atoms with Gasteiger partial charge in [0.25, 0.3) is 5.91 Å². The fourth-order valence-corrected chi connectivity index (χ4v) is 2.88. The first-order valence-corrected chi connectivity index (χ1v) is 7.94. The normalized spacial score (nSPS) is 16.1. The molecule has 0 unspecified atom stereocenters. The maximum atomic E-state index is 12.3. The largest absolute Gasteiger partial charge is 0.497 e. The van der Waals surface area contributed by atoms with Crippen molar-refractivity contribution in [2.24, 2.45) is 0 Å². The van der Waals surface area contributed by atoms with Crippen LogP contribution in [0.3, 0.4) is 0 Å². The lowest BCUT2D eigenvalue weighted by molar-refractivity contribution is 0.0729. The molecule has 0 aliphatic carbocycles. The molecule has 5 nitrogen and oxygen atoms in total. The Labute approximate surface area is 136 Å². The van der Waals surface area contributed by atoms with E-state index in [0.29, 0.717) is 5.76 Å². The summed E-state index contributed by atoms with van der Waals surface area (Å²) in [5.41, 5.74) is 1.26. The van der Waals surface area contributed by atoms with E-state index in [9.17, 15) is 4.79 Å². The van der Waals surface area contributed by atoms with Gasteiger partial charge in [0.2, 0.25) is 0 Å². The highest BCUT2D eigenvalue weighted by Crippen LogP contribution is 2.15. The molecule has 0 radical (unpaired) electrons. The molecule has 0 spiro atoms. The number of nitrogens with zero attached hydrogens (tertiary/aromatic N) is 2. The van der Waals surface area contributed by atoms with Crippen LogP contribution in [0.5, 0.6) is 5.75 Å². The first kappa shape index (κ1) is 15.6. The Bertz CT molecular complexity index is 622. The number of ether oxygens (including phenoxy) is 1. The van der Waals surface area contributed by atoms with Crippen LogP contribution in [-0.4, -0.2) is 49.0 Å². The lowest BCUT2D eigenvalue weighted by Gasteiger charge is -2.21. The molecule has 1 aromatic carbocycles. The van der Waals surface area contributed by atoms with Crippen LogP contribution < -0.4 is 4.74 Å². The number of carbonyl (C=O) groups is 1. The van der Waals surface area contributed by atoms with Crippen molar-refractivity contribution in [3.8, 4) is 5.75 Å². The second-order valence-electron chi connectivity index (χ2n) is 5.75. The summed E-state index contributed by atoms with van der Waals surface area (Å²) in [7, 11) is 1.68. The molecule has 2 heterocycles. The highest BCUT2D eigenvalue weighted by Gasteiger charge is 2.21. The van der Waals surface area contributed by atoms with E-state index in [1.807, 2.05) is 17.0 Å². The third kappa shape index (κ3) is 3.93. The van der Waals surface area contributed by atoms with Gasteiger partial charge in [-0.25, -0.2) is 0 Å². The van der Waals surface area contributed by atoms with Crippen LogP contribution in [-0.2, 0) is 6.54 Å². The highest BCUT2D eigenvalue weighted by molar-refractivity contribution is 5.91. The molecule has 1 fully saturated rings. The van der Waals surface area contributed by atoms with E-state index in [4.69, 9.17) is 9.15 Å². The first-order chi connectivity index (χ1) is 11.3. The smallest absolute Gasteiger partial charge is 0.289 e. The molecular weight excluding hydrogens is 292 g/mol. The van der Waals surface area contributed by atoms with Gasteiger partial charge in [0.1, 0.15) is 5.75 Å². The lowest BCUT2D eigenvalue weighted by Crippen LogP contribution is -2.34. The van der Waals surface area contributed by atoms with Crippen molar-refractivity contribution < 1.29 is 13.9 Å². The van der Waals surface area contributed by atoms with E-state index in [1.54, 1.807) is 25.5 Å². The second-order valence-corrected chi connectivity index (χ2v) is 5.75. The SMILES string of the molecule is COc1ccc(CN2CCCN(C(=O)c3ccco3)CC2)cc1. The zero-order valence-electron chi connectivity index (χ0n) is 13.4. The van der Waals surface area contributed by atoms with Gasteiger partial charge < -0.3 is 14.1 Å². The van der Waals surface area contributed by atoms with E-state index < -0.39 is 0 Å². The molecule has 122 valence electrons. The Morgan fingerprint density at radius 2 is 1.96 bits per heavy atom. The minimum atomic E-state index is -0.0127. The van der Waals surface area contributed by atoms with Crippen LogP contribution in [0.15, 0.2) is 47.1 Å². The molecule has 1 aromatic heterocycles. The minimum Gasteiger partial charge on any atom is -0.497 e. The monoisotopic (exact) mass is 314 g/mol. The molecule has 0 N–H and O–H groups in total. The Morgan fingerprint density at radius 3 is 2.65 bits per heavy atom. The molecule has 0 bridgehead atoms. The summed E-state index contributed by atoms with van der Waals surface area (Å²) in [5, 5.41) is 0. The topological polar surface area (TPSA) is 45.9 Å². The van der Waals surface area contributed by atoms with E-state index in [1.165, 1.54) is 5.56 Å². The molecule has 1 aliphatic rings. The first-order valence-electron chi connectivity index (χ1n) is 7.94. The molecule has 2 aromatic rings. The fourth-order valence-electron chi connectivity index (χ4n) is 2.88. The number of rotatable bonds is 4. The predicted molar refractivity (Wildman–Crippen MR) is 87.5 cm³/mol. The van der Waals surface area contributed by atoms with Gasteiger partial charge in [-0.2, -0.15) is 0 Å². The Balaban J connectivity index is 1.56. The Kier molecular flexibility index (Phi) is 4.98. The third-order valence-corrected chi connectivity index (χ3v) is 4.17. The van der Waals surface area contributed by atoms with Gasteiger partial charge >= 0.3 is 0 Å². The molecule has 23 heavy (non-hydrogen) atoms. The van der Waals surface area contributed by atoms with Gasteiger partial charge in [-0.05, 0) is 36.2 Å². The third-order valence-electron chi connectivity index (χ3n) is 4.17. The van der Waals surface area contributed by atoms with E-state index in [0.717, 1.165) is 44.9 Å². The quantitative estimate of drug-likeness (QED) is 0.870. The average Bonchev–Trinajstić information content (AvgIpc) is 3.02. The van der Waals surface area contributed by atoms with E-state index >= 15 is 0 Å². The van der Waals surface area contributed by atoms with Gasteiger partial charge in [0, 0.05) is 32.7 Å². The number of carbonyl (C=O) groups excluding carboxylic acids is 1. The summed E-state index contributed by atoms with van der Waals surface area (Å²) in [4.78, 5) is 16.6. The minimum absolute atomic E-state index is 0.0127. The van der Waals surface area contributed by atoms with Crippen LogP contribution in [0, 0.1) is 0 Å². The molecule has 1 aliphatic heterocycles. The van der Waals surface area contributed by atoms with Crippen molar-refractivity contribution in [2.45, 2.75) is 13.0 Å². The van der Waals surface area contributed by atoms with Gasteiger partial charge in [0.15, 0.2) is 5.76 Å². The summed E-state index contributed by atoms with van der Waals surface area (Å²) in [6.45, 7) is 4.27. The fraction of sp³-hybridized carbons (Fsp3) is 0.389. The summed E-state index contributed by atoms with van der Waals surface area (Å²) in [6, 6.07) is 11.6. The van der Waals surface area contributed by atoms with Crippen molar-refractivity contribution >= 4 is 5.91 Å². The summed E-state index contributed by atoms with van der Waals surface area (Å²) >= 11 is 0. The Morgan fingerprint density at radius 1 is 1.13 bits per heavy atom. The number of hydrogen-bond acceptors (Lipinski definition) is 4. The molecule has 1 amide bonds. The summed E-state index contributed by atoms with van der Waals surface area (Å²) in [6.07, 6.45) is 2.52. The number of methoxy groups -OCH3 is 1. The highest BCUT2D eigenvalue weighted by atomic mass is 16.5. The number of furan rings is 1. The zero-order valence-corrected chi connectivity index (χ0v) is 13.4. The Hall–Kier alpha value is -2.27. The molecular formula is C18H22N2O3. The molecule has 5 heteroatoms. The summed E-state index contributed by atoms with van der Waals surface area (Å²) < 4.78 is 10.4. The zero-order chi connectivity index (χ0) is 16.1. The van der Waals surface area contributed by atoms with Crippen LogP contribution in [0.25, 0.3) is 0 Å². The van der Waals surface area contributed by atoms with Gasteiger partial charge in [-0.1, -0.05) is 12.1 Å². The van der Waals surface area contributed by atoms with Crippen LogP contribution >= 0.6 is 0 Å². The van der Waals surface area contributed by atoms with Crippen molar-refractivity contribution in [2.75, 3.05) is 33.3 Å². The van der Waals surface area contributed by atoms with Crippen LogP contribution in [0.1, 0.15) is 22.5 Å². The molecule has 3 rings (SSSR count). The number of benzene rings is 1. The standard InChI is InChI=1S/C18H22N2O3/c1-22-16-7-5-15(6-8-16)14-19-9-3-10-20(12-11-19)18(21)17-4-2-13-23-17/h2,4-8,13H,3,9-12,14H2,1H3. The maximum absolute atomic E-state index is 12.3. The molecule has 0 saturated carbocycles. The summed E-state index contributed by atoms with van der Waals surface area (Å²) in [5.74, 6) is 1.29. The van der Waals surface area contributed by atoms with E-state index in [-0.39, 0.29) is 5.91 Å². The number of amides is 1. The van der Waals surface area contributed by atoms with Crippen molar-refractivity contribution in [1.82, 2.24) is 9.80 Å². The van der Waals surface area contributed by atoms with Gasteiger partial charge in [0.05, 0.1) is 13.4 Å². The molecule has 1 saturated heterocycles. The predicted octanol–water partition coefficient (Wildman–Crippen LogP) is 2.64. The van der Waals surface area contributed by atoms with Crippen molar-refractivity contribution in [3.63, 3.8) is 0 Å². The number of hydrogen-bond donors (Lipinski definition) is 0.